The molecule has 1 atom stereocenters. The van der Waals surface area contributed by atoms with Gasteiger partial charge < -0.3 is 15.7 Å². The Labute approximate surface area is 112 Å². The van der Waals surface area contributed by atoms with Crippen LogP contribution in [0.3, 0.4) is 0 Å². The first-order valence-electron chi connectivity index (χ1n) is 5.93. The maximum atomic E-state index is 11.7. The smallest absolute Gasteiger partial charge is 0.225 e. The number of aliphatic hydroxyl groups excluding tert-OH is 1. The molecule has 3 N–H and O–H groups in total. The molecule has 4 nitrogen and oxygen atoms in total. The Balaban J connectivity index is 2.46. The van der Waals surface area contributed by atoms with Crippen molar-refractivity contribution in [2.75, 3.05) is 18.5 Å². The molecule has 0 radical (unpaired) electrons. The van der Waals surface area contributed by atoms with Gasteiger partial charge >= 0.3 is 0 Å². The van der Waals surface area contributed by atoms with Crippen molar-refractivity contribution >= 4 is 23.2 Å². The van der Waals surface area contributed by atoms with Gasteiger partial charge in [0, 0.05) is 29.7 Å². The summed E-state index contributed by atoms with van der Waals surface area (Å²) in [7, 11) is 0. The minimum Gasteiger partial charge on any atom is -0.395 e. The van der Waals surface area contributed by atoms with Crippen molar-refractivity contribution in [1.82, 2.24) is 5.32 Å². The quantitative estimate of drug-likeness (QED) is 0.740. The summed E-state index contributed by atoms with van der Waals surface area (Å²) < 4.78 is 0. The molecular formula is C13H19ClN2O2. The van der Waals surface area contributed by atoms with Crippen molar-refractivity contribution in [2.45, 2.75) is 26.3 Å². The number of rotatable bonds is 6. The standard InChI is InChI=1S/C13H19ClN2O2/c1-9-3-4-11(8-12(9)14)16-13(18)7-10(2)15-5-6-17/h3-4,8,10,15,17H,5-7H2,1-2H3,(H,16,18). The lowest BCUT2D eigenvalue weighted by atomic mass is 10.2. The lowest BCUT2D eigenvalue weighted by Crippen LogP contribution is -2.32. The third kappa shape index (κ3) is 5.04. The fraction of sp³-hybridized carbons (Fsp3) is 0.462. The topological polar surface area (TPSA) is 61.4 Å². The Kier molecular flexibility index (Phi) is 6.12. The van der Waals surface area contributed by atoms with Crippen molar-refractivity contribution in [1.29, 1.82) is 0 Å². The Morgan fingerprint density at radius 3 is 2.83 bits per heavy atom. The average molecular weight is 271 g/mol. The van der Waals surface area contributed by atoms with Crippen LogP contribution in [0.15, 0.2) is 18.2 Å². The largest absolute Gasteiger partial charge is 0.395 e. The second kappa shape index (κ2) is 7.36. The monoisotopic (exact) mass is 270 g/mol. The van der Waals surface area contributed by atoms with E-state index in [1.165, 1.54) is 0 Å². The Hall–Kier alpha value is -1.10. The molecule has 0 heterocycles. The molecular weight excluding hydrogens is 252 g/mol. The fourth-order valence-electron chi connectivity index (χ4n) is 1.54. The van der Waals surface area contributed by atoms with E-state index in [9.17, 15) is 4.79 Å². The van der Waals surface area contributed by atoms with E-state index in [1.54, 1.807) is 6.07 Å². The van der Waals surface area contributed by atoms with Crippen LogP contribution in [0.2, 0.25) is 5.02 Å². The number of aliphatic hydroxyl groups is 1. The van der Waals surface area contributed by atoms with Crippen molar-refractivity contribution in [3.05, 3.63) is 28.8 Å². The zero-order valence-electron chi connectivity index (χ0n) is 10.7. The number of nitrogens with one attached hydrogen (secondary N) is 2. The first-order chi connectivity index (χ1) is 8.52. The predicted octanol–water partition coefficient (Wildman–Crippen LogP) is 1.95. The van der Waals surface area contributed by atoms with Crippen LogP contribution in [0.5, 0.6) is 0 Å². The summed E-state index contributed by atoms with van der Waals surface area (Å²) in [6.07, 6.45) is 0.353. The van der Waals surface area contributed by atoms with Crippen LogP contribution in [0, 0.1) is 6.92 Å². The number of benzene rings is 1. The van der Waals surface area contributed by atoms with Crippen molar-refractivity contribution in [3.8, 4) is 0 Å². The van der Waals surface area contributed by atoms with E-state index in [0.717, 1.165) is 5.56 Å². The number of hydrogen-bond acceptors (Lipinski definition) is 3. The molecule has 0 saturated carbocycles. The minimum atomic E-state index is -0.0761. The van der Waals surface area contributed by atoms with Crippen LogP contribution in [0.25, 0.3) is 0 Å². The summed E-state index contributed by atoms with van der Waals surface area (Å²) in [5.74, 6) is -0.0761. The van der Waals surface area contributed by atoms with E-state index >= 15 is 0 Å². The molecule has 0 spiro atoms. The second-order valence-corrected chi connectivity index (χ2v) is 4.70. The molecule has 0 saturated heterocycles. The molecule has 100 valence electrons. The van der Waals surface area contributed by atoms with Crippen LogP contribution in [0.1, 0.15) is 18.9 Å². The highest BCUT2D eigenvalue weighted by Crippen LogP contribution is 2.20. The molecule has 1 unspecified atom stereocenters. The summed E-state index contributed by atoms with van der Waals surface area (Å²) in [4.78, 5) is 11.7. The zero-order valence-corrected chi connectivity index (χ0v) is 11.4. The van der Waals surface area contributed by atoms with Crippen LogP contribution < -0.4 is 10.6 Å². The molecule has 18 heavy (non-hydrogen) atoms. The van der Waals surface area contributed by atoms with Gasteiger partial charge in [-0.3, -0.25) is 4.79 Å². The van der Waals surface area contributed by atoms with Crippen molar-refractivity contribution < 1.29 is 9.90 Å². The fourth-order valence-corrected chi connectivity index (χ4v) is 1.72. The number of anilines is 1. The Morgan fingerprint density at radius 2 is 2.22 bits per heavy atom. The zero-order chi connectivity index (χ0) is 13.5. The van der Waals surface area contributed by atoms with Crippen LogP contribution >= 0.6 is 11.6 Å². The summed E-state index contributed by atoms with van der Waals surface area (Å²) in [6, 6.07) is 5.45. The van der Waals surface area contributed by atoms with E-state index in [1.807, 2.05) is 26.0 Å². The molecule has 0 fully saturated rings. The Bertz CT molecular complexity index is 410. The number of carbonyl (C=O) groups excluding carboxylic acids is 1. The summed E-state index contributed by atoms with van der Waals surface area (Å²) in [5.41, 5.74) is 1.68. The number of aryl methyl sites for hydroxylation is 1. The van der Waals surface area contributed by atoms with Crippen LogP contribution in [0.4, 0.5) is 5.69 Å². The highest BCUT2D eigenvalue weighted by atomic mass is 35.5. The molecule has 1 aromatic rings. The molecule has 0 aliphatic carbocycles. The molecule has 5 heteroatoms. The maximum Gasteiger partial charge on any atom is 0.225 e. The average Bonchev–Trinajstić information content (AvgIpc) is 2.31. The number of amides is 1. The molecule has 0 aliphatic rings. The molecule has 1 aromatic carbocycles. The second-order valence-electron chi connectivity index (χ2n) is 4.30. The van der Waals surface area contributed by atoms with E-state index < -0.39 is 0 Å². The van der Waals surface area contributed by atoms with Gasteiger partial charge in [0.15, 0.2) is 0 Å². The number of halogens is 1. The van der Waals surface area contributed by atoms with Gasteiger partial charge in [-0.25, -0.2) is 0 Å². The maximum absolute atomic E-state index is 11.7. The number of carbonyl (C=O) groups is 1. The first kappa shape index (κ1) is 15.0. The van der Waals surface area contributed by atoms with E-state index in [4.69, 9.17) is 16.7 Å². The van der Waals surface area contributed by atoms with Gasteiger partial charge in [0.1, 0.15) is 0 Å². The lowest BCUT2D eigenvalue weighted by molar-refractivity contribution is -0.116. The van der Waals surface area contributed by atoms with Crippen LogP contribution in [-0.2, 0) is 4.79 Å². The van der Waals surface area contributed by atoms with Gasteiger partial charge in [0.25, 0.3) is 0 Å². The van der Waals surface area contributed by atoms with Gasteiger partial charge in [-0.2, -0.15) is 0 Å². The lowest BCUT2D eigenvalue weighted by Gasteiger charge is -2.13. The first-order valence-corrected chi connectivity index (χ1v) is 6.31. The van der Waals surface area contributed by atoms with E-state index in [0.29, 0.717) is 23.7 Å². The molecule has 0 aromatic heterocycles. The van der Waals surface area contributed by atoms with Gasteiger partial charge in [-0.15, -0.1) is 0 Å². The van der Waals surface area contributed by atoms with Gasteiger partial charge in [-0.05, 0) is 31.5 Å². The Morgan fingerprint density at radius 1 is 1.50 bits per heavy atom. The summed E-state index contributed by atoms with van der Waals surface area (Å²) in [6.45, 7) is 4.37. The highest BCUT2D eigenvalue weighted by Gasteiger charge is 2.09. The third-order valence-corrected chi connectivity index (χ3v) is 2.96. The van der Waals surface area contributed by atoms with Gasteiger partial charge in [0.2, 0.25) is 5.91 Å². The predicted molar refractivity (Wildman–Crippen MR) is 74.0 cm³/mol. The normalized spacial score (nSPS) is 12.2. The van der Waals surface area contributed by atoms with E-state index in [2.05, 4.69) is 10.6 Å². The highest BCUT2D eigenvalue weighted by molar-refractivity contribution is 6.31. The summed E-state index contributed by atoms with van der Waals surface area (Å²) in [5, 5.41) is 15.1. The SMILES string of the molecule is Cc1ccc(NC(=O)CC(C)NCCO)cc1Cl. The molecule has 0 aliphatic heterocycles. The van der Waals surface area contributed by atoms with Crippen molar-refractivity contribution in [2.24, 2.45) is 0 Å². The number of hydrogen-bond donors (Lipinski definition) is 3. The van der Waals surface area contributed by atoms with E-state index in [-0.39, 0.29) is 18.6 Å². The molecule has 1 amide bonds. The summed E-state index contributed by atoms with van der Waals surface area (Å²) >= 11 is 5.98. The molecule has 1 rings (SSSR count). The van der Waals surface area contributed by atoms with Gasteiger partial charge in [0.05, 0.1) is 6.61 Å². The third-order valence-electron chi connectivity index (χ3n) is 2.55. The van der Waals surface area contributed by atoms with Crippen molar-refractivity contribution in [3.63, 3.8) is 0 Å². The minimum absolute atomic E-state index is 0.0260. The van der Waals surface area contributed by atoms with Crippen LogP contribution in [-0.4, -0.2) is 30.2 Å². The molecule has 0 bridgehead atoms. The van der Waals surface area contributed by atoms with Gasteiger partial charge in [-0.1, -0.05) is 17.7 Å².